The number of aromatic hydroxyl groups is 1. The molecule has 1 amide bonds. The van der Waals surface area contributed by atoms with Crippen molar-refractivity contribution < 1.29 is 14.6 Å². The van der Waals surface area contributed by atoms with E-state index in [1.807, 2.05) is 0 Å². The number of hydrogen-bond acceptors (Lipinski definition) is 4. The summed E-state index contributed by atoms with van der Waals surface area (Å²) in [5.74, 6) is 0.316. The van der Waals surface area contributed by atoms with E-state index in [2.05, 4.69) is 44.3 Å². The van der Waals surface area contributed by atoms with Gasteiger partial charge in [0.25, 0.3) is 0 Å². The molecule has 0 saturated carbocycles. The molecule has 140 valence electrons. The highest BCUT2D eigenvalue weighted by atomic mass is 16.5. The summed E-state index contributed by atoms with van der Waals surface area (Å²) >= 11 is 0. The molecule has 4 N–H and O–H groups in total. The van der Waals surface area contributed by atoms with Crippen LogP contribution < -0.4 is 15.8 Å². The van der Waals surface area contributed by atoms with E-state index in [0.29, 0.717) is 18.9 Å². The fourth-order valence-electron chi connectivity index (χ4n) is 2.80. The number of phenolic OH excluding ortho intramolecular Hbond substituents is 1. The molecule has 5 nitrogen and oxygen atoms in total. The Labute approximate surface area is 155 Å². The van der Waals surface area contributed by atoms with Crippen molar-refractivity contribution in [2.24, 2.45) is 5.73 Å². The Balaban J connectivity index is 2.02. The number of benzene rings is 2. The summed E-state index contributed by atoms with van der Waals surface area (Å²) < 4.78 is 5.33. The number of ether oxygens (including phenoxy) is 1. The molecule has 0 saturated heterocycles. The van der Waals surface area contributed by atoms with Crippen molar-refractivity contribution in [1.29, 1.82) is 0 Å². The number of nitrogens with two attached hydrogens (primary N) is 1. The van der Waals surface area contributed by atoms with Gasteiger partial charge in [-0.05, 0) is 54.7 Å². The third kappa shape index (κ3) is 5.23. The maximum absolute atomic E-state index is 12.4. The standard InChI is InChI=1S/C21H28N2O3/c1-4-18(17-7-5-14(2)15(3)11-17)23-21(25)13-16-6-8-20(19(24)12-16)26-10-9-22/h5-8,11-12,18,24H,4,9-10,13,22H2,1-3H3,(H,23,25). The highest BCUT2D eigenvalue weighted by molar-refractivity contribution is 5.79. The largest absolute Gasteiger partial charge is 0.504 e. The Kier molecular flexibility index (Phi) is 7.04. The van der Waals surface area contributed by atoms with Gasteiger partial charge in [0.05, 0.1) is 12.5 Å². The Morgan fingerprint density at radius 2 is 1.96 bits per heavy atom. The molecule has 1 atom stereocenters. The van der Waals surface area contributed by atoms with Crippen molar-refractivity contribution in [1.82, 2.24) is 5.32 Å². The second kappa shape index (κ2) is 9.25. The van der Waals surface area contributed by atoms with E-state index in [-0.39, 0.29) is 24.1 Å². The first-order valence-electron chi connectivity index (χ1n) is 8.95. The molecule has 0 aliphatic carbocycles. The van der Waals surface area contributed by atoms with Crippen molar-refractivity contribution in [2.75, 3.05) is 13.2 Å². The summed E-state index contributed by atoms with van der Waals surface area (Å²) in [5, 5.41) is 13.1. The molecule has 0 aliphatic heterocycles. The Morgan fingerprint density at radius 1 is 1.19 bits per heavy atom. The number of hydrogen-bond donors (Lipinski definition) is 3. The molecular formula is C21H28N2O3. The summed E-state index contributed by atoms with van der Waals surface area (Å²) in [6, 6.07) is 11.2. The molecule has 0 bridgehead atoms. The number of rotatable bonds is 8. The van der Waals surface area contributed by atoms with E-state index in [0.717, 1.165) is 17.5 Å². The highest BCUT2D eigenvalue weighted by Gasteiger charge is 2.14. The first-order chi connectivity index (χ1) is 12.4. The minimum atomic E-state index is -0.0786. The minimum Gasteiger partial charge on any atom is -0.504 e. The fourth-order valence-corrected chi connectivity index (χ4v) is 2.80. The molecule has 0 heterocycles. The van der Waals surface area contributed by atoms with Gasteiger partial charge in [0, 0.05) is 6.54 Å². The van der Waals surface area contributed by atoms with E-state index in [1.54, 1.807) is 18.2 Å². The summed E-state index contributed by atoms with van der Waals surface area (Å²) in [4.78, 5) is 12.4. The van der Waals surface area contributed by atoms with E-state index in [9.17, 15) is 9.90 Å². The molecule has 1 unspecified atom stereocenters. The van der Waals surface area contributed by atoms with Crippen LogP contribution in [-0.4, -0.2) is 24.2 Å². The van der Waals surface area contributed by atoms with Crippen LogP contribution in [0.1, 0.15) is 41.6 Å². The molecule has 0 fully saturated rings. The fraction of sp³-hybridized carbons (Fsp3) is 0.381. The molecule has 0 radical (unpaired) electrons. The van der Waals surface area contributed by atoms with Crippen molar-refractivity contribution in [3.05, 3.63) is 58.7 Å². The van der Waals surface area contributed by atoms with Gasteiger partial charge in [-0.15, -0.1) is 0 Å². The number of phenols is 1. The summed E-state index contributed by atoms with van der Waals surface area (Å²) in [6.45, 7) is 6.91. The second-order valence-electron chi connectivity index (χ2n) is 6.49. The van der Waals surface area contributed by atoms with Gasteiger partial charge >= 0.3 is 0 Å². The van der Waals surface area contributed by atoms with Gasteiger partial charge in [0.2, 0.25) is 5.91 Å². The predicted octanol–water partition coefficient (Wildman–Crippen LogP) is 3.16. The number of carbonyl (C=O) groups is 1. The normalized spacial score (nSPS) is 11.8. The number of carbonyl (C=O) groups excluding carboxylic acids is 1. The van der Waals surface area contributed by atoms with Crippen molar-refractivity contribution in [3.8, 4) is 11.5 Å². The Morgan fingerprint density at radius 3 is 2.58 bits per heavy atom. The average molecular weight is 356 g/mol. The SMILES string of the molecule is CCC(NC(=O)Cc1ccc(OCCN)c(O)c1)c1ccc(C)c(C)c1. The second-order valence-corrected chi connectivity index (χ2v) is 6.49. The summed E-state index contributed by atoms with van der Waals surface area (Å²) in [6.07, 6.45) is 1.01. The van der Waals surface area contributed by atoms with Gasteiger partial charge in [-0.2, -0.15) is 0 Å². The Bertz CT molecular complexity index is 759. The third-order valence-electron chi connectivity index (χ3n) is 4.44. The zero-order valence-electron chi connectivity index (χ0n) is 15.7. The smallest absolute Gasteiger partial charge is 0.224 e. The number of aryl methyl sites for hydroxylation is 2. The van der Waals surface area contributed by atoms with Crippen LogP contribution >= 0.6 is 0 Å². The lowest BCUT2D eigenvalue weighted by atomic mass is 9.99. The van der Waals surface area contributed by atoms with Gasteiger partial charge in [-0.25, -0.2) is 0 Å². The zero-order chi connectivity index (χ0) is 19.1. The minimum absolute atomic E-state index is 0.0185. The highest BCUT2D eigenvalue weighted by Crippen LogP contribution is 2.27. The van der Waals surface area contributed by atoms with Gasteiger partial charge in [0.1, 0.15) is 6.61 Å². The molecule has 0 aliphatic rings. The van der Waals surface area contributed by atoms with Crippen LogP contribution in [0.2, 0.25) is 0 Å². The summed E-state index contributed by atoms with van der Waals surface area (Å²) in [5.41, 5.74) is 9.68. The maximum atomic E-state index is 12.4. The molecule has 0 spiro atoms. The van der Waals surface area contributed by atoms with E-state index in [1.165, 1.54) is 11.1 Å². The quantitative estimate of drug-likeness (QED) is 0.678. The molecule has 2 rings (SSSR count). The van der Waals surface area contributed by atoms with E-state index >= 15 is 0 Å². The van der Waals surface area contributed by atoms with Crippen LogP contribution in [-0.2, 0) is 11.2 Å². The van der Waals surface area contributed by atoms with Gasteiger partial charge in [0.15, 0.2) is 11.5 Å². The lowest BCUT2D eigenvalue weighted by molar-refractivity contribution is -0.121. The van der Waals surface area contributed by atoms with Crippen LogP contribution in [0.25, 0.3) is 0 Å². The lowest BCUT2D eigenvalue weighted by Gasteiger charge is -2.19. The molecule has 26 heavy (non-hydrogen) atoms. The van der Waals surface area contributed by atoms with Crippen molar-refractivity contribution in [3.63, 3.8) is 0 Å². The van der Waals surface area contributed by atoms with Gasteiger partial charge in [-0.1, -0.05) is 31.2 Å². The van der Waals surface area contributed by atoms with E-state index in [4.69, 9.17) is 10.5 Å². The first-order valence-corrected chi connectivity index (χ1v) is 8.95. The maximum Gasteiger partial charge on any atom is 0.224 e. The van der Waals surface area contributed by atoms with Crippen LogP contribution in [0, 0.1) is 13.8 Å². The molecule has 2 aromatic carbocycles. The molecule has 5 heteroatoms. The third-order valence-corrected chi connectivity index (χ3v) is 4.44. The van der Waals surface area contributed by atoms with E-state index < -0.39 is 0 Å². The van der Waals surface area contributed by atoms with Gasteiger partial charge < -0.3 is 20.9 Å². The van der Waals surface area contributed by atoms with Crippen LogP contribution in [0.3, 0.4) is 0 Å². The zero-order valence-corrected chi connectivity index (χ0v) is 15.7. The monoisotopic (exact) mass is 356 g/mol. The van der Waals surface area contributed by atoms with Crippen molar-refractivity contribution in [2.45, 2.75) is 39.7 Å². The lowest BCUT2D eigenvalue weighted by Crippen LogP contribution is -2.29. The van der Waals surface area contributed by atoms with Gasteiger partial charge in [-0.3, -0.25) is 4.79 Å². The van der Waals surface area contributed by atoms with Crippen molar-refractivity contribution >= 4 is 5.91 Å². The Hall–Kier alpha value is -2.53. The van der Waals surface area contributed by atoms with Crippen LogP contribution in [0.5, 0.6) is 11.5 Å². The first kappa shape index (κ1) is 19.8. The van der Waals surface area contributed by atoms with Crippen LogP contribution in [0.4, 0.5) is 0 Å². The average Bonchev–Trinajstić information content (AvgIpc) is 2.61. The summed E-state index contributed by atoms with van der Waals surface area (Å²) in [7, 11) is 0. The number of nitrogens with one attached hydrogen (secondary N) is 1. The number of amides is 1. The van der Waals surface area contributed by atoms with Crippen LogP contribution in [0.15, 0.2) is 36.4 Å². The molecular weight excluding hydrogens is 328 g/mol. The molecule has 2 aromatic rings. The molecule has 0 aromatic heterocycles. The predicted molar refractivity (Wildman–Crippen MR) is 103 cm³/mol. The topological polar surface area (TPSA) is 84.6 Å².